The van der Waals surface area contributed by atoms with Gasteiger partial charge in [0.05, 0.1) is 40.7 Å². The zero-order chi connectivity index (χ0) is 26.0. The second-order valence-electron chi connectivity index (χ2n) is 8.92. The molecular weight excluding hydrogens is 462 g/mol. The van der Waals surface area contributed by atoms with Gasteiger partial charge in [0.1, 0.15) is 0 Å². The first kappa shape index (κ1) is 24.7. The molecule has 2 atom stereocenters. The number of fused-ring (bicyclic) bond motifs is 2. The van der Waals surface area contributed by atoms with Gasteiger partial charge in [-0.25, -0.2) is 0 Å². The third-order valence-electron chi connectivity index (χ3n) is 6.18. The molecule has 1 aliphatic heterocycles. The molecule has 10 heteroatoms. The number of nitro groups is 1. The average Bonchev–Trinajstić information content (AvgIpc) is 2.98. The summed E-state index contributed by atoms with van der Waals surface area (Å²) in [6.07, 6.45) is 1.14. The molecular formula is C26H27N5O5. The number of nitro benzene ring substituents is 1. The van der Waals surface area contributed by atoms with E-state index >= 15 is 0 Å². The van der Waals surface area contributed by atoms with Crippen LogP contribution >= 0.6 is 0 Å². The van der Waals surface area contributed by atoms with Crippen molar-refractivity contribution in [3.05, 3.63) is 75.8 Å². The quantitative estimate of drug-likeness (QED) is 0.275. The first-order chi connectivity index (χ1) is 17.2. The molecule has 0 spiro atoms. The molecule has 0 saturated carbocycles. The summed E-state index contributed by atoms with van der Waals surface area (Å²) >= 11 is 0. The van der Waals surface area contributed by atoms with E-state index in [1.54, 1.807) is 24.3 Å². The molecule has 3 aromatic rings. The predicted octanol–water partition coefficient (Wildman–Crippen LogP) is 3.96. The van der Waals surface area contributed by atoms with E-state index in [1.165, 1.54) is 13.2 Å². The topological polar surface area (TPSA) is 163 Å². The van der Waals surface area contributed by atoms with Crippen molar-refractivity contribution in [3.63, 3.8) is 0 Å². The van der Waals surface area contributed by atoms with Gasteiger partial charge in [-0.15, -0.1) is 0 Å². The van der Waals surface area contributed by atoms with Crippen molar-refractivity contribution in [2.24, 2.45) is 17.4 Å². The maximum absolute atomic E-state index is 13.0. The number of nitrogens with two attached hydrogens (primary N) is 2. The minimum Gasteiger partial charge on any atom is -0.490 e. The van der Waals surface area contributed by atoms with Crippen LogP contribution in [0.1, 0.15) is 29.3 Å². The maximum Gasteiger partial charge on any atom is 0.310 e. The van der Waals surface area contributed by atoms with E-state index in [0.717, 1.165) is 16.8 Å². The first-order valence-corrected chi connectivity index (χ1v) is 11.4. The van der Waals surface area contributed by atoms with Crippen molar-refractivity contribution in [1.29, 1.82) is 0 Å². The highest BCUT2D eigenvalue weighted by molar-refractivity contribution is 6.12. The molecule has 2 amide bonds. The number of hydrogen-bond donors (Lipinski definition) is 4. The number of ether oxygens (including phenoxy) is 1. The Morgan fingerprint density at radius 1 is 1.03 bits per heavy atom. The Morgan fingerprint density at radius 3 is 2.44 bits per heavy atom. The van der Waals surface area contributed by atoms with E-state index in [9.17, 15) is 19.7 Å². The molecule has 36 heavy (non-hydrogen) atoms. The van der Waals surface area contributed by atoms with Gasteiger partial charge in [-0.05, 0) is 71.8 Å². The van der Waals surface area contributed by atoms with Crippen LogP contribution in [-0.4, -0.2) is 29.9 Å². The lowest BCUT2D eigenvalue weighted by Crippen LogP contribution is -2.37. The summed E-state index contributed by atoms with van der Waals surface area (Å²) in [5.41, 5.74) is 15.8. The van der Waals surface area contributed by atoms with Crippen molar-refractivity contribution in [1.82, 2.24) is 0 Å². The lowest BCUT2D eigenvalue weighted by Gasteiger charge is -2.16. The Balaban J connectivity index is 1.60. The van der Waals surface area contributed by atoms with E-state index in [4.69, 9.17) is 16.2 Å². The van der Waals surface area contributed by atoms with Crippen LogP contribution in [0.5, 0.6) is 5.75 Å². The summed E-state index contributed by atoms with van der Waals surface area (Å²) in [6.45, 7) is 2.00. The van der Waals surface area contributed by atoms with Crippen LogP contribution in [-0.2, 0) is 11.2 Å². The highest BCUT2D eigenvalue weighted by Gasteiger charge is 2.22. The molecule has 4 rings (SSSR count). The molecule has 0 aromatic heterocycles. The van der Waals surface area contributed by atoms with Crippen LogP contribution in [0.15, 0.2) is 54.6 Å². The molecule has 0 bridgehead atoms. The van der Waals surface area contributed by atoms with Crippen molar-refractivity contribution in [2.75, 3.05) is 17.7 Å². The molecule has 3 aromatic carbocycles. The van der Waals surface area contributed by atoms with Gasteiger partial charge in [0.25, 0.3) is 5.91 Å². The number of hydrogen-bond acceptors (Lipinski definition) is 7. The standard InChI is InChI=1S/C26H27N5O5/c1-14(10-19(27)25(28)32)9-15-3-7-20-22(11-15)30-26(33)18-6-4-16(12-21(18)29-20)17-5-8-23(31(34)35)24(13-17)36-2/h3-8,11-14,19,29H,9-10,27H2,1-2H3,(H2,28,32)(H,30,33)/t14?,19-/m0/s1. The Morgan fingerprint density at radius 2 is 1.75 bits per heavy atom. The third kappa shape index (κ3) is 5.13. The summed E-state index contributed by atoms with van der Waals surface area (Å²) in [5, 5.41) is 17.5. The predicted molar refractivity (Wildman–Crippen MR) is 137 cm³/mol. The fourth-order valence-electron chi connectivity index (χ4n) is 4.33. The second kappa shape index (κ2) is 10.0. The molecule has 6 N–H and O–H groups in total. The van der Waals surface area contributed by atoms with Gasteiger partial charge < -0.3 is 26.8 Å². The van der Waals surface area contributed by atoms with Crippen molar-refractivity contribution in [3.8, 4) is 16.9 Å². The summed E-state index contributed by atoms with van der Waals surface area (Å²) in [4.78, 5) is 35.0. The fourth-order valence-corrected chi connectivity index (χ4v) is 4.33. The number of rotatable bonds is 8. The summed E-state index contributed by atoms with van der Waals surface area (Å²) < 4.78 is 5.19. The van der Waals surface area contributed by atoms with Crippen molar-refractivity contribution < 1.29 is 19.2 Å². The van der Waals surface area contributed by atoms with Gasteiger partial charge in [0, 0.05) is 6.07 Å². The fraction of sp³-hybridized carbons (Fsp3) is 0.231. The number of nitrogens with zero attached hydrogens (tertiary/aromatic N) is 1. The molecule has 0 fully saturated rings. The molecule has 0 radical (unpaired) electrons. The monoisotopic (exact) mass is 489 g/mol. The lowest BCUT2D eigenvalue weighted by molar-refractivity contribution is -0.385. The summed E-state index contributed by atoms with van der Waals surface area (Å²) in [5.74, 6) is -0.505. The zero-order valence-electron chi connectivity index (χ0n) is 19.9. The van der Waals surface area contributed by atoms with E-state index in [1.807, 2.05) is 31.2 Å². The summed E-state index contributed by atoms with van der Waals surface area (Å²) in [7, 11) is 1.38. The van der Waals surface area contributed by atoms with E-state index < -0.39 is 16.9 Å². The molecule has 1 unspecified atom stereocenters. The van der Waals surface area contributed by atoms with Crippen LogP contribution in [0.25, 0.3) is 11.1 Å². The van der Waals surface area contributed by atoms with E-state index in [0.29, 0.717) is 35.3 Å². The van der Waals surface area contributed by atoms with Gasteiger partial charge in [0.2, 0.25) is 5.91 Å². The summed E-state index contributed by atoms with van der Waals surface area (Å²) in [6, 6.07) is 15.0. The Labute approximate surface area is 207 Å². The van der Waals surface area contributed by atoms with Crippen LogP contribution in [0.3, 0.4) is 0 Å². The van der Waals surface area contributed by atoms with Crippen LogP contribution in [0.2, 0.25) is 0 Å². The average molecular weight is 490 g/mol. The van der Waals surface area contributed by atoms with Gasteiger partial charge in [0.15, 0.2) is 5.75 Å². The highest BCUT2D eigenvalue weighted by Crippen LogP contribution is 2.37. The Hall–Kier alpha value is -4.44. The molecule has 10 nitrogen and oxygen atoms in total. The highest BCUT2D eigenvalue weighted by atomic mass is 16.6. The smallest absolute Gasteiger partial charge is 0.310 e. The molecule has 1 heterocycles. The zero-order valence-corrected chi connectivity index (χ0v) is 19.9. The number of amides is 2. The van der Waals surface area contributed by atoms with Gasteiger partial charge in [-0.3, -0.25) is 19.7 Å². The number of nitrogens with one attached hydrogen (secondary N) is 2. The molecule has 1 aliphatic rings. The van der Waals surface area contributed by atoms with E-state index in [2.05, 4.69) is 10.6 Å². The molecule has 0 saturated heterocycles. The normalized spacial score (nSPS) is 13.8. The lowest BCUT2D eigenvalue weighted by atomic mass is 9.94. The van der Waals surface area contributed by atoms with Crippen molar-refractivity contribution in [2.45, 2.75) is 25.8 Å². The number of carbonyl (C=O) groups excluding carboxylic acids is 2. The number of benzene rings is 3. The number of anilines is 3. The largest absolute Gasteiger partial charge is 0.490 e. The minimum atomic E-state index is -0.693. The molecule has 0 aliphatic carbocycles. The number of methoxy groups -OCH3 is 1. The number of primary amides is 1. The minimum absolute atomic E-state index is 0.121. The second-order valence-corrected chi connectivity index (χ2v) is 8.92. The molecule has 186 valence electrons. The van der Waals surface area contributed by atoms with Crippen LogP contribution in [0, 0.1) is 16.0 Å². The Bertz CT molecular complexity index is 1360. The SMILES string of the molecule is COc1cc(-c2ccc3c(c2)Nc2ccc(CC(C)C[C@H](N)C(N)=O)cc2NC3=O)ccc1[N+](=O)[O-]. The van der Waals surface area contributed by atoms with Gasteiger partial charge in [-0.1, -0.05) is 19.1 Å². The number of carbonyl (C=O) groups is 2. The Kier molecular flexibility index (Phi) is 6.89. The third-order valence-corrected chi connectivity index (χ3v) is 6.18. The van der Waals surface area contributed by atoms with Gasteiger partial charge >= 0.3 is 5.69 Å². The van der Waals surface area contributed by atoms with Gasteiger partial charge in [-0.2, -0.15) is 0 Å². The first-order valence-electron chi connectivity index (χ1n) is 11.4. The van der Waals surface area contributed by atoms with Crippen LogP contribution in [0.4, 0.5) is 22.7 Å². The van der Waals surface area contributed by atoms with E-state index in [-0.39, 0.29) is 23.3 Å². The van der Waals surface area contributed by atoms with Crippen molar-refractivity contribution >= 4 is 34.6 Å². The van der Waals surface area contributed by atoms with Crippen LogP contribution < -0.4 is 26.8 Å². The maximum atomic E-state index is 13.0.